The summed E-state index contributed by atoms with van der Waals surface area (Å²) < 4.78 is 6.45. The molecule has 1 N–H and O–H groups in total. The molecule has 2 heterocycles. The first-order chi connectivity index (χ1) is 10.0. The Morgan fingerprint density at radius 2 is 2.33 bits per heavy atom. The highest BCUT2D eigenvalue weighted by molar-refractivity contribution is 6.30. The number of amides is 1. The van der Waals surface area contributed by atoms with Crippen LogP contribution in [-0.4, -0.2) is 59.3 Å². The summed E-state index contributed by atoms with van der Waals surface area (Å²) in [7, 11) is 3.37. The number of carbonyl (C=O) groups is 1. The highest BCUT2D eigenvalue weighted by Gasteiger charge is 2.17. The molecule has 2 aromatic heterocycles. The number of methoxy groups -OCH3 is 1. The lowest BCUT2D eigenvalue weighted by atomic mass is 10.3. The fourth-order valence-corrected chi connectivity index (χ4v) is 2.13. The van der Waals surface area contributed by atoms with Crippen molar-refractivity contribution in [3.8, 4) is 0 Å². The summed E-state index contributed by atoms with van der Waals surface area (Å²) in [5.74, 6) is 0.965. The first kappa shape index (κ1) is 15.5. The maximum atomic E-state index is 11.9. The van der Waals surface area contributed by atoms with Gasteiger partial charge in [-0.25, -0.2) is 0 Å². The second-order valence-corrected chi connectivity index (χ2v) is 4.88. The molecule has 0 aromatic carbocycles. The highest BCUT2D eigenvalue weighted by Crippen LogP contribution is 2.24. The fourth-order valence-electron chi connectivity index (χ4n) is 1.97. The van der Waals surface area contributed by atoms with E-state index in [2.05, 4.69) is 20.4 Å². The van der Waals surface area contributed by atoms with Gasteiger partial charge in [-0.05, 0) is 6.92 Å². The molecule has 0 atom stereocenters. The number of hydrogen-bond donors (Lipinski definition) is 1. The molecule has 114 valence electrons. The largest absolute Gasteiger partial charge is 0.383 e. The van der Waals surface area contributed by atoms with E-state index >= 15 is 0 Å². The van der Waals surface area contributed by atoms with Gasteiger partial charge in [0.05, 0.1) is 13.2 Å². The number of rotatable bonds is 6. The zero-order chi connectivity index (χ0) is 15.4. The Hall–Kier alpha value is -1.93. The van der Waals surface area contributed by atoms with Crippen molar-refractivity contribution in [2.75, 3.05) is 38.8 Å². The average Bonchev–Trinajstić information content (AvgIpc) is 2.87. The molecule has 9 heteroatoms. The molecule has 0 bridgehead atoms. The topological polar surface area (TPSA) is 84.6 Å². The van der Waals surface area contributed by atoms with Crippen LogP contribution in [0, 0.1) is 6.92 Å². The van der Waals surface area contributed by atoms with Crippen molar-refractivity contribution in [2.45, 2.75) is 6.92 Å². The first-order valence-electron chi connectivity index (χ1n) is 6.37. The SMILES string of the molecule is COCCNC(=O)CN(C)c1c(C)c(Cl)nc2ncnn12. The summed E-state index contributed by atoms with van der Waals surface area (Å²) in [6.45, 7) is 2.94. The standard InChI is InChI=1S/C12H17ClN6O2/c1-8-10(13)17-12-15-7-16-19(12)11(8)18(2)6-9(20)14-4-5-21-3/h7H,4-6H2,1-3H3,(H,14,20). The van der Waals surface area contributed by atoms with Gasteiger partial charge >= 0.3 is 0 Å². The fraction of sp³-hybridized carbons (Fsp3) is 0.500. The minimum atomic E-state index is -0.116. The molecule has 0 radical (unpaired) electrons. The Morgan fingerprint density at radius 1 is 1.57 bits per heavy atom. The van der Waals surface area contributed by atoms with Gasteiger partial charge in [-0.2, -0.15) is 19.6 Å². The number of ether oxygens (including phenoxy) is 1. The number of nitrogens with one attached hydrogen (secondary N) is 1. The van der Waals surface area contributed by atoms with E-state index < -0.39 is 0 Å². The molecule has 0 aliphatic rings. The van der Waals surface area contributed by atoms with Crippen LogP contribution in [0.15, 0.2) is 6.33 Å². The third-order valence-electron chi connectivity index (χ3n) is 2.94. The lowest BCUT2D eigenvalue weighted by molar-refractivity contribution is -0.119. The van der Waals surface area contributed by atoms with Crippen LogP contribution in [0.4, 0.5) is 5.82 Å². The van der Waals surface area contributed by atoms with E-state index in [1.54, 1.807) is 23.6 Å². The van der Waals surface area contributed by atoms with E-state index in [1.807, 2.05) is 6.92 Å². The number of anilines is 1. The molecule has 0 aliphatic heterocycles. The number of carbonyl (C=O) groups excluding carboxylic acids is 1. The Kier molecular flexibility index (Phi) is 4.92. The van der Waals surface area contributed by atoms with Gasteiger partial charge in [0, 0.05) is 26.3 Å². The lowest BCUT2D eigenvalue weighted by Crippen LogP contribution is -2.37. The van der Waals surface area contributed by atoms with Gasteiger partial charge in [-0.3, -0.25) is 4.79 Å². The number of hydrogen-bond acceptors (Lipinski definition) is 6. The zero-order valence-electron chi connectivity index (χ0n) is 12.1. The molecule has 21 heavy (non-hydrogen) atoms. The summed E-state index contributed by atoms with van der Waals surface area (Å²) in [4.78, 5) is 21.8. The van der Waals surface area contributed by atoms with Gasteiger partial charge in [0.15, 0.2) is 0 Å². The van der Waals surface area contributed by atoms with Gasteiger partial charge < -0.3 is 15.0 Å². The van der Waals surface area contributed by atoms with E-state index in [0.717, 1.165) is 5.56 Å². The van der Waals surface area contributed by atoms with Gasteiger partial charge in [0.25, 0.3) is 5.78 Å². The molecule has 2 aromatic rings. The quantitative estimate of drug-likeness (QED) is 0.609. The van der Waals surface area contributed by atoms with E-state index in [4.69, 9.17) is 16.3 Å². The molecular weight excluding hydrogens is 296 g/mol. The van der Waals surface area contributed by atoms with Crippen LogP contribution in [0.2, 0.25) is 5.15 Å². The molecule has 8 nitrogen and oxygen atoms in total. The van der Waals surface area contributed by atoms with Crippen LogP contribution >= 0.6 is 11.6 Å². The van der Waals surface area contributed by atoms with Crippen molar-refractivity contribution in [1.82, 2.24) is 24.9 Å². The van der Waals surface area contributed by atoms with E-state index in [9.17, 15) is 4.79 Å². The maximum Gasteiger partial charge on any atom is 0.255 e. The van der Waals surface area contributed by atoms with Crippen molar-refractivity contribution in [3.05, 3.63) is 17.0 Å². The molecule has 0 aliphatic carbocycles. The van der Waals surface area contributed by atoms with Crippen LogP contribution in [0.5, 0.6) is 0 Å². The number of fused-ring (bicyclic) bond motifs is 1. The van der Waals surface area contributed by atoms with Crippen molar-refractivity contribution in [1.29, 1.82) is 0 Å². The van der Waals surface area contributed by atoms with Crippen LogP contribution in [0.1, 0.15) is 5.56 Å². The number of likely N-dealkylation sites (N-methyl/N-ethyl adjacent to an activating group) is 1. The Bertz CT molecular complexity index is 644. The van der Waals surface area contributed by atoms with Gasteiger partial charge in [0.1, 0.15) is 17.3 Å². The summed E-state index contributed by atoms with van der Waals surface area (Å²) in [5.41, 5.74) is 0.738. The molecule has 0 saturated carbocycles. The minimum Gasteiger partial charge on any atom is -0.383 e. The second kappa shape index (κ2) is 6.68. The zero-order valence-corrected chi connectivity index (χ0v) is 12.9. The molecule has 0 fully saturated rings. The van der Waals surface area contributed by atoms with E-state index in [1.165, 1.54) is 6.33 Å². The number of aromatic nitrogens is 4. The Labute approximate surface area is 127 Å². The second-order valence-electron chi connectivity index (χ2n) is 4.52. The molecule has 2 rings (SSSR count). The van der Waals surface area contributed by atoms with Crippen LogP contribution in [0.25, 0.3) is 5.78 Å². The predicted octanol–water partition coefficient (Wildman–Crippen LogP) is 0.285. The minimum absolute atomic E-state index is 0.116. The third-order valence-corrected chi connectivity index (χ3v) is 3.31. The third kappa shape index (κ3) is 3.40. The average molecular weight is 313 g/mol. The van der Waals surface area contributed by atoms with Crippen molar-refractivity contribution in [2.24, 2.45) is 0 Å². The van der Waals surface area contributed by atoms with Crippen LogP contribution in [0.3, 0.4) is 0 Å². The van der Waals surface area contributed by atoms with Gasteiger partial charge in [-0.1, -0.05) is 11.6 Å². The number of nitrogens with zero attached hydrogens (tertiary/aromatic N) is 5. The van der Waals surface area contributed by atoms with Crippen LogP contribution < -0.4 is 10.2 Å². The molecule has 1 amide bonds. The monoisotopic (exact) mass is 312 g/mol. The molecule has 0 saturated heterocycles. The van der Waals surface area contributed by atoms with Crippen LogP contribution in [-0.2, 0) is 9.53 Å². The summed E-state index contributed by atoms with van der Waals surface area (Å²) in [6.07, 6.45) is 1.40. The van der Waals surface area contributed by atoms with Gasteiger partial charge in [0.2, 0.25) is 5.91 Å². The van der Waals surface area contributed by atoms with Crippen molar-refractivity contribution >= 4 is 29.1 Å². The Morgan fingerprint density at radius 3 is 3.05 bits per heavy atom. The summed E-state index contributed by atoms with van der Waals surface area (Å²) >= 11 is 6.10. The predicted molar refractivity (Wildman–Crippen MR) is 78.7 cm³/mol. The highest BCUT2D eigenvalue weighted by atomic mass is 35.5. The maximum absolute atomic E-state index is 11.9. The lowest BCUT2D eigenvalue weighted by Gasteiger charge is -2.21. The molecular formula is C12H17ClN6O2. The number of halogens is 1. The summed E-state index contributed by atoms with van der Waals surface area (Å²) in [5, 5.41) is 7.22. The smallest absolute Gasteiger partial charge is 0.255 e. The summed E-state index contributed by atoms with van der Waals surface area (Å²) in [6, 6.07) is 0. The molecule has 0 spiro atoms. The van der Waals surface area contributed by atoms with Crippen molar-refractivity contribution in [3.63, 3.8) is 0 Å². The normalized spacial score (nSPS) is 10.9. The van der Waals surface area contributed by atoms with E-state index in [-0.39, 0.29) is 12.5 Å². The first-order valence-corrected chi connectivity index (χ1v) is 6.75. The molecule has 0 unspecified atom stereocenters. The van der Waals surface area contributed by atoms with Crippen molar-refractivity contribution < 1.29 is 9.53 Å². The van der Waals surface area contributed by atoms with Gasteiger partial charge in [-0.15, -0.1) is 0 Å². The van der Waals surface area contributed by atoms with E-state index in [0.29, 0.717) is 29.9 Å². The Balaban J connectivity index is 2.19.